The van der Waals surface area contributed by atoms with Crippen molar-refractivity contribution < 1.29 is 14.2 Å². The van der Waals surface area contributed by atoms with Crippen molar-refractivity contribution in [3.05, 3.63) is 61.1 Å². The van der Waals surface area contributed by atoms with Crippen LogP contribution in [-0.4, -0.2) is 36.3 Å². The second-order valence-electron chi connectivity index (χ2n) is 6.33. The van der Waals surface area contributed by atoms with Crippen LogP contribution in [0.2, 0.25) is 0 Å². The van der Waals surface area contributed by atoms with Gasteiger partial charge in [-0.3, -0.25) is 0 Å². The summed E-state index contributed by atoms with van der Waals surface area (Å²) < 4.78 is 16.2. The van der Waals surface area contributed by atoms with Crippen LogP contribution >= 0.6 is 0 Å². The van der Waals surface area contributed by atoms with Crippen molar-refractivity contribution in [1.82, 2.24) is 15.0 Å². The van der Waals surface area contributed by atoms with Gasteiger partial charge in [-0.25, -0.2) is 15.0 Å². The number of pyridine rings is 1. The van der Waals surface area contributed by atoms with Crippen LogP contribution in [0, 0.1) is 0 Å². The Hall–Kier alpha value is -4.07. The Kier molecular flexibility index (Phi) is 5.47. The van der Waals surface area contributed by atoms with Crippen molar-refractivity contribution in [3.63, 3.8) is 0 Å². The molecule has 0 radical (unpaired) electrons. The van der Waals surface area contributed by atoms with E-state index in [-0.39, 0.29) is 0 Å². The van der Waals surface area contributed by atoms with Crippen LogP contribution < -0.4 is 24.8 Å². The highest BCUT2D eigenvalue weighted by Gasteiger charge is 2.14. The topological polar surface area (TPSA) is 90.4 Å². The van der Waals surface area contributed by atoms with Gasteiger partial charge < -0.3 is 24.8 Å². The molecule has 0 fully saturated rings. The van der Waals surface area contributed by atoms with Crippen LogP contribution in [0.25, 0.3) is 10.8 Å². The van der Waals surface area contributed by atoms with Gasteiger partial charge in [0.05, 0.1) is 21.3 Å². The summed E-state index contributed by atoms with van der Waals surface area (Å²) in [6.07, 6.45) is 3.24. The lowest BCUT2D eigenvalue weighted by Gasteiger charge is -2.15. The smallest absolute Gasteiger partial charge is 0.203 e. The number of nitrogens with one attached hydrogen (secondary N) is 2. The second-order valence-corrected chi connectivity index (χ2v) is 6.33. The zero-order valence-corrected chi connectivity index (χ0v) is 16.8. The van der Waals surface area contributed by atoms with Crippen molar-refractivity contribution in [2.75, 3.05) is 32.0 Å². The SMILES string of the molecule is COc1cc(Nc2cc(Nc3nccc4ccccc34)ncn2)cc(OC)c1OC. The van der Waals surface area contributed by atoms with Gasteiger partial charge in [-0.2, -0.15) is 0 Å². The van der Waals surface area contributed by atoms with Crippen molar-refractivity contribution in [1.29, 1.82) is 0 Å². The van der Waals surface area contributed by atoms with Crippen LogP contribution in [0.5, 0.6) is 17.2 Å². The average Bonchev–Trinajstić information content (AvgIpc) is 2.79. The number of benzene rings is 2. The van der Waals surface area contributed by atoms with E-state index in [2.05, 4.69) is 25.6 Å². The number of ether oxygens (including phenoxy) is 3. The maximum absolute atomic E-state index is 5.40. The molecule has 0 bridgehead atoms. The van der Waals surface area contributed by atoms with Gasteiger partial charge in [-0.15, -0.1) is 0 Å². The first-order chi connectivity index (χ1) is 14.7. The lowest BCUT2D eigenvalue weighted by atomic mass is 10.1. The third kappa shape index (κ3) is 3.88. The highest BCUT2D eigenvalue weighted by Crippen LogP contribution is 2.40. The van der Waals surface area contributed by atoms with Gasteiger partial charge >= 0.3 is 0 Å². The lowest BCUT2D eigenvalue weighted by molar-refractivity contribution is 0.324. The van der Waals surface area contributed by atoms with Gasteiger partial charge in [-0.05, 0) is 11.5 Å². The Bertz CT molecular complexity index is 1150. The van der Waals surface area contributed by atoms with Gasteiger partial charge in [0, 0.05) is 35.5 Å². The first kappa shape index (κ1) is 19.3. The molecule has 4 rings (SSSR count). The highest BCUT2D eigenvalue weighted by molar-refractivity contribution is 5.92. The number of rotatable bonds is 7. The summed E-state index contributed by atoms with van der Waals surface area (Å²) in [6.45, 7) is 0. The number of anilines is 4. The van der Waals surface area contributed by atoms with Crippen LogP contribution in [0.15, 0.2) is 61.1 Å². The third-order valence-corrected chi connectivity index (χ3v) is 4.52. The quantitative estimate of drug-likeness (QED) is 0.465. The van der Waals surface area contributed by atoms with E-state index in [0.29, 0.717) is 28.9 Å². The molecule has 2 aromatic heterocycles. The standard InChI is InChI=1S/C22H21N5O3/c1-28-17-10-15(11-18(29-2)21(17)30-3)26-19-12-20(25-13-24-19)27-22-16-7-5-4-6-14(16)8-9-23-22/h4-13H,1-3H3,(H2,23,24,25,26,27). The predicted molar refractivity (Wildman–Crippen MR) is 116 cm³/mol. The van der Waals surface area contributed by atoms with Crippen molar-refractivity contribution in [2.45, 2.75) is 0 Å². The maximum atomic E-state index is 5.40. The molecule has 30 heavy (non-hydrogen) atoms. The molecule has 2 N–H and O–H groups in total. The molecule has 8 nitrogen and oxygen atoms in total. The summed E-state index contributed by atoms with van der Waals surface area (Å²) in [5.74, 6) is 3.56. The minimum Gasteiger partial charge on any atom is -0.493 e. The molecule has 0 atom stereocenters. The molecule has 152 valence electrons. The van der Waals surface area contributed by atoms with Gasteiger partial charge in [0.1, 0.15) is 23.8 Å². The first-order valence-corrected chi connectivity index (χ1v) is 9.21. The molecular formula is C22H21N5O3. The van der Waals surface area contributed by atoms with E-state index in [1.807, 2.05) is 42.5 Å². The van der Waals surface area contributed by atoms with Crippen LogP contribution in [0.3, 0.4) is 0 Å². The Morgan fingerprint density at radius 3 is 2.13 bits per heavy atom. The second kappa shape index (κ2) is 8.52. The van der Waals surface area contributed by atoms with E-state index in [9.17, 15) is 0 Å². The van der Waals surface area contributed by atoms with Crippen molar-refractivity contribution in [2.24, 2.45) is 0 Å². The number of hydrogen-bond acceptors (Lipinski definition) is 8. The number of methoxy groups -OCH3 is 3. The van der Waals surface area contributed by atoms with Crippen LogP contribution in [0.1, 0.15) is 0 Å². The molecule has 0 aliphatic heterocycles. The minimum absolute atomic E-state index is 0.526. The fourth-order valence-corrected chi connectivity index (χ4v) is 3.14. The summed E-state index contributed by atoms with van der Waals surface area (Å²) in [6, 6.07) is 15.4. The predicted octanol–water partition coefficient (Wildman–Crippen LogP) is 4.54. The van der Waals surface area contributed by atoms with E-state index < -0.39 is 0 Å². The summed E-state index contributed by atoms with van der Waals surface area (Å²) >= 11 is 0. The molecule has 0 saturated heterocycles. The largest absolute Gasteiger partial charge is 0.493 e. The Morgan fingerprint density at radius 1 is 0.733 bits per heavy atom. The number of fused-ring (bicyclic) bond motifs is 1. The summed E-state index contributed by atoms with van der Waals surface area (Å²) in [7, 11) is 4.72. The van der Waals surface area contributed by atoms with Crippen molar-refractivity contribution >= 4 is 33.9 Å². The van der Waals surface area contributed by atoms with E-state index in [0.717, 1.165) is 22.3 Å². The Labute approximate surface area is 173 Å². The van der Waals surface area contributed by atoms with Gasteiger partial charge in [-0.1, -0.05) is 24.3 Å². The summed E-state index contributed by atoms with van der Waals surface area (Å²) in [4.78, 5) is 13.0. The average molecular weight is 403 g/mol. The molecule has 0 amide bonds. The number of nitrogens with zero attached hydrogens (tertiary/aromatic N) is 3. The maximum Gasteiger partial charge on any atom is 0.203 e. The lowest BCUT2D eigenvalue weighted by Crippen LogP contribution is -2.01. The first-order valence-electron chi connectivity index (χ1n) is 9.21. The van der Waals surface area contributed by atoms with E-state index >= 15 is 0 Å². The molecule has 0 aliphatic carbocycles. The minimum atomic E-state index is 0.526. The van der Waals surface area contributed by atoms with Crippen molar-refractivity contribution in [3.8, 4) is 17.2 Å². The molecule has 0 spiro atoms. The van der Waals surface area contributed by atoms with Crippen LogP contribution in [-0.2, 0) is 0 Å². The van der Waals surface area contributed by atoms with E-state index in [4.69, 9.17) is 14.2 Å². The zero-order valence-electron chi connectivity index (χ0n) is 16.8. The molecule has 8 heteroatoms. The Balaban J connectivity index is 1.61. The van der Waals surface area contributed by atoms with E-state index in [1.54, 1.807) is 33.6 Å². The molecule has 0 unspecified atom stereocenters. The molecule has 2 heterocycles. The summed E-state index contributed by atoms with van der Waals surface area (Å²) in [5, 5.41) is 8.61. The number of hydrogen-bond donors (Lipinski definition) is 2. The summed E-state index contributed by atoms with van der Waals surface area (Å²) in [5.41, 5.74) is 0.734. The molecule has 2 aromatic carbocycles. The molecular weight excluding hydrogens is 382 g/mol. The highest BCUT2D eigenvalue weighted by atomic mass is 16.5. The fourth-order valence-electron chi connectivity index (χ4n) is 3.14. The molecule has 0 saturated carbocycles. The fraction of sp³-hybridized carbons (Fsp3) is 0.136. The van der Waals surface area contributed by atoms with Gasteiger partial charge in [0.25, 0.3) is 0 Å². The normalized spacial score (nSPS) is 10.5. The Morgan fingerprint density at radius 2 is 1.43 bits per heavy atom. The zero-order chi connectivity index (χ0) is 20.9. The van der Waals surface area contributed by atoms with Gasteiger partial charge in [0.15, 0.2) is 11.5 Å². The van der Waals surface area contributed by atoms with Gasteiger partial charge in [0.2, 0.25) is 5.75 Å². The molecule has 0 aliphatic rings. The number of aromatic nitrogens is 3. The monoisotopic (exact) mass is 403 g/mol. The third-order valence-electron chi connectivity index (χ3n) is 4.52. The van der Waals surface area contributed by atoms with Crippen LogP contribution in [0.4, 0.5) is 23.1 Å². The molecule has 4 aromatic rings. The van der Waals surface area contributed by atoms with E-state index in [1.165, 1.54) is 6.33 Å².